The van der Waals surface area contributed by atoms with Gasteiger partial charge in [-0.05, 0) is 37.6 Å². The molecule has 0 N–H and O–H groups in total. The second-order valence-corrected chi connectivity index (χ2v) is 5.35. The van der Waals surface area contributed by atoms with Crippen molar-refractivity contribution in [2.75, 3.05) is 6.61 Å². The molecule has 0 aromatic heterocycles. The number of aliphatic imine (C=N–C) groups is 1. The molecule has 1 aromatic rings. The van der Waals surface area contributed by atoms with Gasteiger partial charge in [0.1, 0.15) is 6.61 Å². The van der Waals surface area contributed by atoms with Gasteiger partial charge in [-0.3, -0.25) is 0 Å². The molecule has 84 valence electrons. The second kappa shape index (κ2) is 4.42. The van der Waals surface area contributed by atoms with Gasteiger partial charge in [-0.1, -0.05) is 28.1 Å². The summed E-state index contributed by atoms with van der Waals surface area (Å²) in [6, 6.07) is 8.12. The van der Waals surface area contributed by atoms with Crippen LogP contribution in [0.3, 0.4) is 0 Å². The molecule has 1 aromatic carbocycles. The monoisotopic (exact) mass is 279 g/mol. The summed E-state index contributed by atoms with van der Waals surface area (Å²) < 4.78 is 6.55. The Morgan fingerprint density at radius 2 is 1.94 bits per heavy atom. The van der Waals surface area contributed by atoms with Crippen LogP contribution in [0.15, 0.2) is 39.8 Å². The van der Waals surface area contributed by atoms with Crippen molar-refractivity contribution in [2.24, 2.45) is 4.99 Å². The Balaban J connectivity index is 2.08. The van der Waals surface area contributed by atoms with Crippen molar-refractivity contribution < 1.29 is 4.74 Å². The maximum atomic E-state index is 5.47. The summed E-state index contributed by atoms with van der Waals surface area (Å²) in [5.41, 5.74) is 1.05. The average molecular weight is 280 g/mol. The molecule has 0 radical (unpaired) electrons. The van der Waals surface area contributed by atoms with Crippen molar-refractivity contribution >= 4 is 27.9 Å². The zero-order valence-electron chi connectivity index (χ0n) is 9.40. The largest absolute Gasteiger partial charge is 0.475 e. The van der Waals surface area contributed by atoms with Crippen LogP contribution in [0.5, 0.6) is 0 Å². The van der Waals surface area contributed by atoms with E-state index in [2.05, 4.69) is 34.8 Å². The molecular formula is C13H14BrNO. The summed E-state index contributed by atoms with van der Waals surface area (Å²) in [6.07, 6.45) is 3.92. The van der Waals surface area contributed by atoms with Crippen LogP contribution in [-0.4, -0.2) is 18.0 Å². The first-order valence-electron chi connectivity index (χ1n) is 5.21. The van der Waals surface area contributed by atoms with Gasteiger partial charge in [0, 0.05) is 10.5 Å². The molecule has 0 bridgehead atoms. The van der Waals surface area contributed by atoms with E-state index in [1.54, 1.807) is 0 Å². The summed E-state index contributed by atoms with van der Waals surface area (Å²) >= 11 is 3.41. The molecule has 0 fully saturated rings. The first kappa shape index (κ1) is 11.4. The number of nitrogens with zero attached hydrogens (tertiary/aromatic N) is 1. The molecule has 0 amide bonds. The number of ether oxygens (including phenoxy) is 1. The lowest BCUT2D eigenvalue weighted by Gasteiger charge is -2.07. The topological polar surface area (TPSA) is 21.6 Å². The van der Waals surface area contributed by atoms with E-state index >= 15 is 0 Å². The number of rotatable bonds is 2. The zero-order chi connectivity index (χ0) is 11.6. The molecule has 1 aliphatic rings. The molecule has 2 rings (SSSR count). The first-order chi connectivity index (χ1) is 7.55. The van der Waals surface area contributed by atoms with Gasteiger partial charge in [-0.25, -0.2) is 4.99 Å². The van der Waals surface area contributed by atoms with Crippen LogP contribution in [0, 0.1) is 0 Å². The van der Waals surface area contributed by atoms with Gasteiger partial charge in [-0.15, -0.1) is 0 Å². The molecule has 0 saturated carbocycles. The second-order valence-electron chi connectivity index (χ2n) is 4.44. The number of halogens is 1. The van der Waals surface area contributed by atoms with Crippen LogP contribution in [-0.2, 0) is 4.74 Å². The fraction of sp³-hybridized carbons (Fsp3) is 0.308. The highest BCUT2D eigenvalue weighted by Crippen LogP contribution is 2.18. The molecule has 1 aliphatic heterocycles. The summed E-state index contributed by atoms with van der Waals surface area (Å²) in [7, 11) is 0. The third kappa shape index (κ3) is 2.95. The Kier molecular flexibility index (Phi) is 3.15. The minimum Gasteiger partial charge on any atom is -0.475 e. The molecule has 0 saturated heterocycles. The van der Waals surface area contributed by atoms with E-state index in [4.69, 9.17) is 4.74 Å². The van der Waals surface area contributed by atoms with Gasteiger partial charge in [0.25, 0.3) is 0 Å². The fourth-order valence-corrected chi connectivity index (χ4v) is 1.70. The van der Waals surface area contributed by atoms with Gasteiger partial charge >= 0.3 is 0 Å². The van der Waals surface area contributed by atoms with Crippen LogP contribution in [0.4, 0.5) is 0 Å². The summed E-state index contributed by atoms with van der Waals surface area (Å²) in [4.78, 5) is 4.45. The minimum atomic E-state index is -0.0839. The summed E-state index contributed by atoms with van der Waals surface area (Å²) in [6.45, 7) is 4.79. The highest BCUT2D eigenvalue weighted by atomic mass is 79.9. The van der Waals surface area contributed by atoms with E-state index in [1.807, 2.05) is 36.4 Å². The van der Waals surface area contributed by atoms with Gasteiger partial charge in [0.05, 0.1) is 5.54 Å². The lowest BCUT2D eigenvalue weighted by Crippen LogP contribution is -2.17. The Bertz CT molecular complexity index is 432. The molecular weight excluding hydrogens is 266 g/mol. The zero-order valence-corrected chi connectivity index (χ0v) is 11.0. The summed E-state index contributed by atoms with van der Waals surface area (Å²) in [5, 5.41) is 0. The van der Waals surface area contributed by atoms with E-state index in [0.717, 1.165) is 10.0 Å². The van der Waals surface area contributed by atoms with Crippen LogP contribution in [0.25, 0.3) is 6.08 Å². The summed E-state index contributed by atoms with van der Waals surface area (Å²) in [5.74, 6) is 0.716. The quantitative estimate of drug-likeness (QED) is 0.810. The van der Waals surface area contributed by atoms with Crippen LogP contribution in [0.2, 0.25) is 0 Å². The number of benzene rings is 1. The van der Waals surface area contributed by atoms with Crippen molar-refractivity contribution in [3.8, 4) is 0 Å². The average Bonchev–Trinajstić information content (AvgIpc) is 2.58. The van der Waals surface area contributed by atoms with Gasteiger partial charge in [-0.2, -0.15) is 0 Å². The Morgan fingerprint density at radius 1 is 1.25 bits per heavy atom. The Labute approximate surface area is 104 Å². The fourth-order valence-electron chi connectivity index (χ4n) is 1.44. The first-order valence-corrected chi connectivity index (χ1v) is 6.01. The molecule has 0 unspecified atom stereocenters. The molecule has 2 nitrogen and oxygen atoms in total. The van der Waals surface area contributed by atoms with Crippen LogP contribution >= 0.6 is 15.9 Å². The molecule has 0 aliphatic carbocycles. The normalized spacial score (nSPS) is 18.6. The maximum absolute atomic E-state index is 5.47. The smallest absolute Gasteiger partial charge is 0.209 e. The Hall–Kier alpha value is -1.09. The van der Waals surface area contributed by atoms with Crippen LogP contribution < -0.4 is 0 Å². The SMILES string of the molecule is CC1(C)COC(/C=C/c2ccc(Br)cc2)=N1. The van der Waals surface area contributed by atoms with Gasteiger partial charge in [0.15, 0.2) is 0 Å². The van der Waals surface area contributed by atoms with E-state index < -0.39 is 0 Å². The third-order valence-electron chi connectivity index (χ3n) is 2.27. The molecule has 1 heterocycles. The minimum absolute atomic E-state index is 0.0839. The number of hydrogen-bond donors (Lipinski definition) is 0. The standard InChI is InChI=1S/C13H14BrNO/c1-13(2)9-16-12(15-13)8-5-10-3-6-11(14)7-4-10/h3-8H,9H2,1-2H3/b8-5+. The van der Waals surface area contributed by atoms with E-state index in [1.165, 1.54) is 0 Å². The predicted octanol–water partition coefficient (Wildman–Crippen LogP) is 3.67. The highest BCUT2D eigenvalue weighted by molar-refractivity contribution is 9.10. The number of hydrogen-bond acceptors (Lipinski definition) is 2. The Morgan fingerprint density at radius 3 is 2.50 bits per heavy atom. The third-order valence-corrected chi connectivity index (χ3v) is 2.80. The maximum Gasteiger partial charge on any atom is 0.209 e. The lowest BCUT2D eigenvalue weighted by molar-refractivity contribution is 0.280. The van der Waals surface area contributed by atoms with Gasteiger partial charge in [0.2, 0.25) is 5.90 Å². The predicted molar refractivity (Wildman–Crippen MR) is 70.6 cm³/mol. The molecule has 3 heteroatoms. The van der Waals surface area contributed by atoms with E-state index in [-0.39, 0.29) is 5.54 Å². The molecule has 16 heavy (non-hydrogen) atoms. The molecule has 0 atom stereocenters. The van der Waals surface area contributed by atoms with Gasteiger partial charge < -0.3 is 4.74 Å². The van der Waals surface area contributed by atoms with Crippen molar-refractivity contribution in [1.29, 1.82) is 0 Å². The van der Waals surface area contributed by atoms with E-state index in [9.17, 15) is 0 Å². The van der Waals surface area contributed by atoms with E-state index in [0.29, 0.717) is 12.5 Å². The highest BCUT2D eigenvalue weighted by Gasteiger charge is 2.24. The van der Waals surface area contributed by atoms with Crippen molar-refractivity contribution in [3.05, 3.63) is 40.4 Å². The molecule has 0 spiro atoms. The van der Waals surface area contributed by atoms with Crippen molar-refractivity contribution in [3.63, 3.8) is 0 Å². The van der Waals surface area contributed by atoms with Crippen LogP contribution in [0.1, 0.15) is 19.4 Å². The van der Waals surface area contributed by atoms with Crippen molar-refractivity contribution in [1.82, 2.24) is 0 Å². The lowest BCUT2D eigenvalue weighted by atomic mass is 10.1. The van der Waals surface area contributed by atoms with Crippen molar-refractivity contribution in [2.45, 2.75) is 19.4 Å².